The van der Waals surface area contributed by atoms with E-state index >= 15 is 0 Å². The van der Waals surface area contributed by atoms with E-state index in [1.54, 1.807) is 12.1 Å². The molecule has 0 unspecified atom stereocenters. The van der Waals surface area contributed by atoms with Crippen molar-refractivity contribution in [2.45, 2.75) is 13.5 Å². The lowest BCUT2D eigenvalue weighted by atomic mass is 10.1. The van der Waals surface area contributed by atoms with Crippen LogP contribution in [0.15, 0.2) is 53.1 Å². The first kappa shape index (κ1) is 15.3. The van der Waals surface area contributed by atoms with E-state index in [4.69, 9.17) is 4.74 Å². The molecule has 0 amide bonds. The third-order valence-corrected chi connectivity index (χ3v) is 3.36. The minimum absolute atomic E-state index is 0.418. The Morgan fingerprint density at radius 2 is 1.95 bits per heavy atom. The van der Waals surface area contributed by atoms with Gasteiger partial charge in [0.2, 0.25) is 6.20 Å². The van der Waals surface area contributed by atoms with E-state index in [1.807, 2.05) is 37.3 Å². The quantitative estimate of drug-likeness (QED) is 0.587. The largest absolute Gasteiger partial charge is 0.488 e. The second kappa shape index (κ2) is 7.04. The Labute approximate surface area is 131 Å². The van der Waals surface area contributed by atoms with Gasteiger partial charge in [0.25, 0.3) is 0 Å². The van der Waals surface area contributed by atoms with Crippen LogP contribution in [-0.4, -0.2) is 4.92 Å². The highest BCUT2D eigenvalue weighted by Gasteiger charge is 2.04. The molecule has 0 radical (unpaired) electrons. The molecule has 0 saturated heterocycles. The van der Waals surface area contributed by atoms with Gasteiger partial charge in [-0.3, -0.25) is 10.1 Å². The molecule has 2 aromatic rings. The molecule has 21 heavy (non-hydrogen) atoms. The van der Waals surface area contributed by atoms with Crippen LogP contribution >= 0.6 is 15.9 Å². The Balaban J connectivity index is 2.15. The lowest BCUT2D eigenvalue weighted by Crippen LogP contribution is -1.97. The molecule has 0 bridgehead atoms. The van der Waals surface area contributed by atoms with E-state index in [9.17, 15) is 10.1 Å². The Kier molecular flexibility index (Phi) is 5.11. The fraction of sp³-hybridized carbons (Fsp3) is 0.125. The average molecular weight is 348 g/mol. The van der Waals surface area contributed by atoms with Crippen LogP contribution in [-0.2, 0) is 6.61 Å². The fourth-order valence-corrected chi connectivity index (χ4v) is 2.15. The summed E-state index contributed by atoms with van der Waals surface area (Å²) in [5.74, 6) is 0.608. The molecule has 0 aliphatic heterocycles. The summed E-state index contributed by atoms with van der Waals surface area (Å²) in [5.41, 5.74) is 2.90. The van der Waals surface area contributed by atoms with E-state index in [0.29, 0.717) is 17.9 Å². The van der Waals surface area contributed by atoms with Gasteiger partial charge in [0.1, 0.15) is 12.4 Å². The monoisotopic (exact) mass is 347 g/mol. The number of nitro groups is 1. The SMILES string of the molecule is Cc1ccc(COc2ccc(Br)cc2C=C[N+](=O)[O-])cc1. The summed E-state index contributed by atoms with van der Waals surface area (Å²) < 4.78 is 6.60. The van der Waals surface area contributed by atoms with Crippen molar-refractivity contribution >= 4 is 22.0 Å². The van der Waals surface area contributed by atoms with Gasteiger partial charge in [-0.15, -0.1) is 0 Å². The van der Waals surface area contributed by atoms with Crippen LogP contribution in [0, 0.1) is 17.0 Å². The maximum atomic E-state index is 10.4. The van der Waals surface area contributed by atoms with Crippen molar-refractivity contribution in [2.75, 3.05) is 0 Å². The first-order valence-corrected chi connectivity index (χ1v) is 7.13. The van der Waals surface area contributed by atoms with Crippen LogP contribution in [0.3, 0.4) is 0 Å². The van der Waals surface area contributed by atoms with Gasteiger partial charge in [-0.05, 0) is 30.7 Å². The van der Waals surface area contributed by atoms with Gasteiger partial charge >= 0.3 is 0 Å². The Bertz CT molecular complexity index is 666. The van der Waals surface area contributed by atoms with E-state index in [2.05, 4.69) is 15.9 Å². The predicted octanol–water partition coefficient (Wildman–Crippen LogP) is 4.58. The zero-order chi connectivity index (χ0) is 15.2. The van der Waals surface area contributed by atoms with Gasteiger partial charge in [0.15, 0.2) is 0 Å². The fourth-order valence-electron chi connectivity index (χ4n) is 1.77. The third kappa shape index (κ3) is 4.72. The zero-order valence-electron chi connectivity index (χ0n) is 11.5. The highest BCUT2D eigenvalue weighted by molar-refractivity contribution is 9.10. The number of halogens is 1. The molecule has 0 spiro atoms. The molecule has 5 heteroatoms. The number of ether oxygens (including phenoxy) is 1. The second-order valence-electron chi connectivity index (χ2n) is 4.56. The molecule has 0 aliphatic rings. The summed E-state index contributed by atoms with van der Waals surface area (Å²) >= 11 is 3.35. The van der Waals surface area contributed by atoms with Crippen molar-refractivity contribution in [2.24, 2.45) is 0 Å². The van der Waals surface area contributed by atoms with Crippen molar-refractivity contribution in [3.8, 4) is 5.75 Å². The van der Waals surface area contributed by atoms with Crippen LogP contribution in [0.1, 0.15) is 16.7 Å². The number of nitrogens with zero attached hydrogens (tertiary/aromatic N) is 1. The van der Waals surface area contributed by atoms with E-state index < -0.39 is 4.92 Å². The minimum atomic E-state index is -0.495. The minimum Gasteiger partial charge on any atom is -0.488 e. The van der Waals surface area contributed by atoms with Crippen LogP contribution < -0.4 is 4.74 Å². The number of hydrogen-bond acceptors (Lipinski definition) is 3. The molecule has 4 nitrogen and oxygen atoms in total. The smallest absolute Gasteiger partial charge is 0.235 e. The summed E-state index contributed by atoms with van der Waals surface area (Å²) in [6.07, 6.45) is 2.33. The molecule has 0 N–H and O–H groups in total. The molecule has 2 aromatic carbocycles. The van der Waals surface area contributed by atoms with Crippen molar-refractivity contribution in [1.82, 2.24) is 0 Å². The Morgan fingerprint density at radius 1 is 1.24 bits per heavy atom. The Hall–Kier alpha value is -2.14. The summed E-state index contributed by atoms with van der Waals surface area (Å²) in [6.45, 7) is 2.45. The van der Waals surface area contributed by atoms with Crippen molar-refractivity contribution in [3.63, 3.8) is 0 Å². The van der Waals surface area contributed by atoms with Gasteiger partial charge in [0, 0.05) is 16.1 Å². The standard InChI is InChI=1S/C16H14BrNO3/c1-12-2-4-13(5-3-12)11-21-16-7-6-15(17)10-14(16)8-9-18(19)20/h2-10H,11H2,1H3. The zero-order valence-corrected chi connectivity index (χ0v) is 13.0. The van der Waals surface area contributed by atoms with Gasteiger partial charge in [-0.1, -0.05) is 45.8 Å². The second-order valence-corrected chi connectivity index (χ2v) is 5.47. The maximum absolute atomic E-state index is 10.4. The molecule has 0 aliphatic carbocycles. The molecular formula is C16H14BrNO3. The lowest BCUT2D eigenvalue weighted by Gasteiger charge is -2.09. The molecule has 0 fully saturated rings. The van der Waals surface area contributed by atoms with Gasteiger partial charge in [-0.25, -0.2) is 0 Å². The first-order chi connectivity index (χ1) is 10.0. The topological polar surface area (TPSA) is 52.4 Å². The highest BCUT2D eigenvalue weighted by atomic mass is 79.9. The summed E-state index contributed by atoms with van der Waals surface area (Å²) in [6, 6.07) is 13.5. The number of benzene rings is 2. The summed E-state index contributed by atoms with van der Waals surface area (Å²) in [7, 11) is 0. The lowest BCUT2D eigenvalue weighted by molar-refractivity contribution is -0.400. The van der Waals surface area contributed by atoms with Crippen molar-refractivity contribution < 1.29 is 9.66 Å². The van der Waals surface area contributed by atoms with Crippen LogP contribution in [0.4, 0.5) is 0 Å². The number of rotatable bonds is 5. The average Bonchev–Trinajstić information content (AvgIpc) is 2.45. The van der Waals surface area contributed by atoms with E-state index in [1.165, 1.54) is 11.6 Å². The van der Waals surface area contributed by atoms with Crippen LogP contribution in [0.5, 0.6) is 5.75 Å². The number of hydrogen-bond donors (Lipinski definition) is 0. The van der Waals surface area contributed by atoms with Crippen molar-refractivity contribution in [1.29, 1.82) is 0 Å². The molecule has 0 heterocycles. The molecule has 0 atom stereocenters. The molecule has 0 saturated carbocycles. The van der Waals surface area contributed by atoms with Gasteiger partial charge < -0.3 is 4.74 Å². The van der Waals surface area contributed by atoms with E-state index in [0.717, 1.165) is 16.2 Å². The van der Waals surface area contributed by atoms with Crippen LogP contribution in [0.25, 0.3) is 6.08 Å². The Morgan fingerprint density at radius 3 is 2.62 bits per heavy atom. The first-order valence-electron chi connectivity index (χ1n) is 6.34. The van der Waals surface area contributed by atoms with Crippen molar-refractivity contribution in [3.05, 3.63) is 79.9 Å². The number of aryl methyl sites for hydroxylation is 1. The molecule has 2 rings (SSSR count). The molecule has 108 valence electrons. The van der Waals surface area contributed by atoms with E-state index in [-0.39, 0.29) is 0 Å². The third-order valence-electron chi connectivity index (χ3n) is 2.86. The van der Waals surface area contributed by atoms with Crippen LogP contribution in [0.2, 0.25) is 0 Å². The normalized spacial score (nSPS) is 10.8. The molecular weight excluding hydrogens is 334 g/mol. The molecule has 0 aromatic heterocycles. The summed E-state index contributed by atoms with van der Waals surface area (Å²) in [4.78, 5) is 9.95. The highest BCUT2D eigenvalue weighted by Crippen LogP contribution is 2.25. The maximum Gasteiger partial charge on any atom is 0.235 e. The predicted molar refractivity (Wildman–Crippen MR) is 85.7 cm³/mol. The van der Waals surface area contributed by atoms with Gasteiger partial charge in [0.05, 0.1) is 4.92 Å². The summed E-state index contributed by atoms with van der Waals surface area (Å²) in [5, 5.41) is 10.4. The van der Waals surface area contributed by atoms with Gasteiger partial charge in [-0.2, -0.15) is 0 Å².